The minimum Gasteiger partial charge on any atom is -0.440 e. The summed E-state index contributed by atoms with van der Waals surface area (Å²) >= 11 is 0. The Bertz CT molecular complexity index is 814. The number of amides is 4. The van der Waals surface area contributed by atoms with Crippen LogP contribution in [-0.2, 0) is 19.1 Å². The van der Waals surface area contributed by atoms with Gasteiger partial charge in [-0.2, -0.15) is 0 Å². The van der Waals surface area contributed by atoms with Crippen molar-refractivity contribution in [2.24, 2.45) is 0 Å². The first kappa shape index (κ1) is 19.1. The zero-order valence-corrected chi connectivity index (χ0v) is 15.1. The highest BCUT2D eigenvalue weighted by Gasteiger charge is 2.49. The third-order valence-corrected chi connectivity index (χ3v) is 4.29. The maximum atomic E-state index is 13.1. The lowest BCUT2D eigenvalue weighted by molar-refractivity contribution is -0.157. The van der Waals surface area contributed by atoms with Crippen LogP contribution in [0.3, 0.4) is 0 Å². The predicted octanol–water partition coefficient (Wildman–Crippen LogP) is 1.83. The van der Waals surface area contributed by atoms with Crippen molar-refractivity contribution < 1.29 is 23.9 Å². The van der Waals surface area contributed by atoms with Crippen molar-refractivity contribution in [1.29, 1.82) is 0 Å². The Balaban J connectivity index is 1.93. The summed E-state index contributed by atoms with van der Waals surface area (Å²) in [5.41, 5.74) is 1.20. The number of carbonyl (C=O) groups excluding carboxylic acids is 4. The molecule has 2 aromatic carbocycles. The number of hydrogen-bond acceptors (Lipinski definition) is 5. The van der Waals surface area contributed by atoms with Gasteiger partial charge in [-0.05, 0) is 24.6 Å². The number of nitrogens with one attached hydrogen (secondary N) is 1. The molecule has 28 heavy (non-hydrogen) atoms. The number of ether oxygens (including phenoxy) is 1. The van der Waals surface area contributed by atoms with Crippen molar-refractivity contribution in [2.75, 3.05) is 11.4 Å². The molecule has 1 fully saturated rings. The summed E-state index contributed by atoms with van der Waals surface area (Å²) in [6.45, 7) is 1.08. The molecule has 0 spiro atoms. The van der Waals surface area contributed by atoms with Gasteiger partial charge in [0.1, 0.15) is 12.6 Å². The molecule has 0 bridgehead atoms. The van der Waals surface area contributed by atoms with E-state index < -0.39 is 30.2 Å². The minimum atomic E-state index is -1.12. The van der Waals surface area contributed by atoms with Gasteiger partial charge in [-0.3, -0.25) is 19.3 Å². The summed E-state index contributed by atoms with van der Waals surface area (Å²) in [4.78, 5) is 50.6. The van der Waals surface area contributed by atoms with Gasteiger partial charge in [0, 0.05) is 5.69 Å². The van der Waals surface area contributed by atoms with E-state index >= 15 is 0 Å². The number of hydrogen-bond donors (Lipinski definition) is 1. The third kappa shape index (κ3) is 3.71. The Kier molecular flexibility index (Phi) is 5.69. The van der Waals surface area contributed by atoms with Gasteiger partial charge in [0.05, 0.1) is 0 Å². The van der Waals surface area contributed by atoms with E-state index in [1.807, 2.05) is 12.1 Å². The molecule has 144 valence electrons. The summed E-state index contributed by atoms with van der Waals surface area (Å²) in [5.74, 6) is -1.25. The average Bonchev–Trinajstić information content (AvgIpc) is 2.98. The number of rotatable bonds is 7. The van der Waals surface area contributed by atoms with Gasteiger partial charge in [0.2, 0.25) is 6.41 Å². The molecule has 1 heterocycles. The van der Waals surface area contributed by atoms with Gasteiger partial charge in [0.25, 0.3) is 5.91 Å². The van der Waals surface area contributed by atoms with E-state index in [2.05, 4.69) is 5.32 Å². The van der Waals surface area contributed by atoms with Crippen LogP contribution in [0, 0.1) is 0 Å². The zero-order chi connectivity index (χ0) is 20.1. The lowest BCUT2D eigenvalue weighted by Gasteiger charge is -2.23. The van der Waals surface area contributed by atoms with E-state index in [1.165, 1.54) is 11.8 Å². The number of para-hydroxylation sites is 1. The largest absolute Gasteiger partial charge is 0.440 e. The Morgan fingerprint density at radius 3 is 2.32 bits per heavy atom. The van der Waals surface area contributed by atoms with Gasteiger partial charge < -0.3 is 10.1 Å². The quantitative estimate of drug-likeness (QED) is 0.448. The lowest BCUT2D eigenvalue weighted by atomic mass is 10.1. The van der Waals surface area contributed by atoms with Crippen molar-refractivity contribution in [1.82, 2.24) is 10.2 Å². The normalized spacial score (nSPS) is 17.4. The minimum absolute atomic E-state index is 0.353. The molecular formula is C20H19N3O5. The van der Waals surface area contributed by atoms with E-state index in [1.54, 1.807) is 48.5 Å². The molecule has 1 aliphatic rings. The number of imide groups is 1. The molecule has 1 aliphatic heterocycles. The molecule has 0 aromatic heterocycles. The van der Waals surface area contributed by atoms with Crippen LogP contribution in [0.4, 0.5) is 10.5 Å². The van der Waals surface area contributed by atoms with E-state index in [4.69, 9.17) is 4.74 Å². The van der Waals surface area contributed by atoms with Crippen LogP contribution in [-0.4, -0.2) is 42.0 Å². The van der Waals surface area contributed by atoms with Crippen LogP contribution in [0.5, 0.6) is 0 Å². The van der Waals surface area contributed by atoms with Crippen molar-refractivity contribution in [3.63, 3.8) is 0 Å². The van der Waals surface area contributed by atoms with Gasteiger partial charge in [-0.15, -0.1) is 0 Å². The third-order valence-electron chi connectivity index (χ3n) is 4.29. The molecule has 2 atom stereocenters. The van der Waals surface area contributed by atoms with E-state index in [-0.39, 0.29) is 6.54 Å². The molecule has 0 saturated carbocycles. The van der Waals surface area contributed by atoms with Crippen molar-refractivity contribution >= 4 is 30.0 Å². The number of carbonyl (C=O) groups is 4. The molecule has 1 saturated heterocycles. The highest BCUT2D eigenvalue weighted by atomic mass is 16.6. The maximum Gasteiger partial charge on any atom is 0.335 e. The lowest BCUT2D eigenvalue weighted by Crippen LogP contribution is -2.43. The first-order chi connectivity index (χ1) is 13.5. The monoisotopic (exact) mass is 381 g/mol. The number of anilines is 1. The van der Waals surface area contributed by atoms with Crippen molar-refractivity contribution in [3.8, 4) is 0 Å². The second-order valence-electron chi connectivity index (χ2n) is 6.10. The Labute approximate surface area is 161 Å². The Morgan fingerprint density at radius 2 is 1.71 bits per heavy atom. The van der Waals surface area contributed by atoms with Crippen molar-refractivity contribution in [3.05, 3.63) is 66.2 Å². The number of urea groups is 1. The van der Waals surface area contributed by atoms with Crippen molar-refractivity contribution in [2.45, 2.75) is 19.2 Å². The smallest absolute Gasteiger partial charge is 0.335 e. The summed E-state index contributed by atoms with van der Waals surface area (Å²) < 4.78 is 5.14. The molecule has 2 unspecified atom stereocenters. The van der Waals surface area contributed by atoms with E-state index in [9.17, 15) is 19.2 Å². The summed E-state index contributed by atoms with van der Waals surface area (Å²) in [6, 6.07) is 16.3. The summed E-state index contributed by atoms with van der Waals surface area (Å²) in [5, 5.41) is 2.18. The molecule has 3 rings (SSSR count). The summed E-state index contributed by atoms with van der Waals surface area (Å²) in [7, 11) is 0. The second kappa shape index (κ2) is 8.34. The first-order valence-electron chi connectivity index (χ1n) is 8.67. The first-order valence-corrected chi connectivity index (χ1v) is 8.67. The van der Waals surface area contributed by atoms with Crippen LogP contribution in [0.2, 0.25) is 0 Å². The van der Waals surface area contributed by atoms with Gasteiger partial charge in [-0.1, -0.05) is 48.5 Å². The van der Waals surface area contributed by atoms with Crippen LogP contribution in [0.25, 0.3) is 0 Å². The SMILES string of the molecule is CC(OC(=O)CNC=O)N1C(=O)C(c2ccccc2)N(c2ccccc2)C1=O. The van der Waals surface area contributed by atoms with Gasteiger partial charge in [0.15, 0.2) is 6.23 Å². The molecule has 2 aromatic rings. The van der Waals surface area contributed by atoms with Crippen LogP contribution in [0.15, 0.2) is 60.7 Å². The average molecular weight is 381 g/mol. The van der Waals surface area contributed by atoms with E-state index in [0.717, 1.165) is 4.90 Å². The Hall–Kier alpha value is -3.68. The number of benzene rings is 2. The van der Waals surface area contributed by atoms with Gasteiger partial charge in [-0.25, -0.2) is 9.69 Å². The number of esters is 1. The molecule has 1 N–H and O–H groups in total. The molecule has 0 radical (unpaired) electrons. The van der Waals surface area contributed by atoms with Crippen LogP contribution >= 0.6 is 0 Å². The highest BCUT2D eigenvalue weighted by molar-refractivity contribution is 6.14. The predicted molar refractivity (Wildman–Crippen MR) is 100.0 cm³/mol. The van der Waals surface area contributed by atoms with E-state index in [0.29, 0.717) is 17.7 Å². The molecule has 4 amide bonds. The fourth-order valence-electron chi connectivity index (χ4n) is 3.08. The summed E-state index contributed by atoms with van der Waals surface area (Å²) in [6.07, 6.45) is -0.762. The Morgan fingerprint density at radius 1 is 1.11 bits per heavy atom. The van der Waals surface area contributed by atoms with Crippen LogP contribution < -0.4 is 10.2 Å². The molecule has 8 heteroatoms. The van der Waals surface area contributed by atoms with Crippen LogP contribution in [0.1, 0.15) is 18.5 Å². The molecular weight excluding hydrogens is 362 g/mol. The molecule has 0 aliphatic carbocycles. The second-order valence-corrected chi connectivity index (χ2v) is 6.10. The molecule has 8 nitrogen and oxygen atoms in total. The highest BCUT2D eigenvalue weighted by Crippen LogP contribution is 2.36. The fourth-order valence-corrected chi connectivity index (χ4v) is 3.08. The maximum absolute atomic E-state index is 13.1. The fraction of sp³-hybridized carbons (Fsp3) is 0.200. The number of nitrogens with zero attached hydrogens (tertiary/aromatic N) is 2. The standard InChI is InChI=1S/C20H19N3O5/c1-14(28-17(25)12-21-13-24)22-19(26)18(15-8-4-2-5-9-15)23(20(22)27)16-10-6-3-7-11-16/h2-11,13-14,18H,12H2,1H3,(H,21,24). The zero-order valence-electron chi connectivity index (χ0n) is 15.1. The topological polar surface area (TPSA) is 96.0 Å². The van der Waals surface area contributed by atoms with Gasteiger partial charge >= 0.3 is 12.0 Å².